The zero-order valence-corrected chi connectivity index (χ0v) is 27.3. The first kappa shape index (κ1) is 33.4. The minimum atomic E-state index is -3.97. The molecule has 4 rings (SSSR count). The van der Waals surface area contributed by atoms with Crippen LogP contribution in [0.4, 0.5) is 5.69 Å². The molecule has 1 unspecified atom stereocenters. The van der Waals surface area contributed by atoms with Crippen molar-refractivity contribution in [3.63, 3.8) is 0 Å². The first-order chi connectivity index (χ1) is 21.0. The van der Waals surface area contributed by atoms with Crippen LogP contribution < -0.4 is 19.1 Å². The van der Waals surface area contributed by atoms with Gasteiger partial charge in [-0.25, -0.2) is 8.42 Å². The van der Waals surface area contributed by atoms with Crippen LogP contribution >= 0.6 is 23.2 Å². The first-order valence-corrected chi connectivity index (χ1v) is 16.9. The van der Waals surface area contributed by atoms with Crippen molar-refractivity contribution < 1.29 is 27.5 Å². The van der Waals surface area contributed by atoms with E-state index in [0.717, 1.165) is 41.8 Å². The Morgan fingerprint density at radius 1 is 0.932 bits per heavy atom. The maximum atomic E-state index is 14.3. The van der Waals surface area contributed by atoms with Gasteiger partial charge in [0, 0.05) is 40.7 Å². The van der Waals surface area contributed by atoms with Gasteiger partial charge in [-0.3, -0.25) is 13.9 Å². The molecule has 1 saturated carbocycles. The lowest BCUT2D eigenvalue weighted by Gasteiger charge is -2.34. The molecule has 1 aliphatic rings. The van der Waals surface area contributed by atoms with Gasteiger partial charge in [0.2, 0.25) is 21.8 Å². The topological polar surface area (TPSA) is 105 Å². The zero-order valence-electron chi connectivity index (χ0n) is 25.0. The summed E-state index contributed by atoms with van der Waals surface area (Å²) in [5.41, 5.74) is 1.49. The second kappa shape index (κ2) is 15.0. The van der Waals surface area contributed by atoms with Crippen LogP contribution in [0.15, 0.2) is 66.7 Å². The van der Waals surface area contributed by atoms with Crippen LogP contribution in [0.5, 0.6) is 11.5 Å². The van der Waals surface area contributed by atoms with Crippen molar-refractivity contribution in [1.29, 1.82) is 0 Å². The summed E-state index contributed by atoms with van der Waals surface area (Å²) in [7, 11) is -1.06. The fraction of sp³-hybridized carbons (Fsp3) is 0.375. The highest BCUT2D eigenvalue weighted by Crippen LogP contribution is 2.33. The summed E-state index contributed by atoms with van der Waals surface area (Å²) in [5.74, 6) is -0.237. The van der Waals surface area contributed by atoms with E-state index in [4.69, 9.17) is 32.7 Å². The number of halogens is 2. The van der Waals surface area contributed by atoms with Gasteiger partial charge in [0.15, 0.2) is 11.5 Å². The van der Waals surface area contributed by atoms with Gasteiger partial charge in [0.05, 0.1) is 26.2 Å². The quantitative estimate of drug-likeness (QED) is 0.260. The number of sulfonamides is 1. The van der Waals surface area contributed by atoms with E-state index >= 15 is 0 Å². The maximum Gasteiger partial charge on any atom is 0.244 e. The Bertz CT molecular complexity index is 1550. The number of methoxy groups -OCH3 is 2. The smallest absolute Gasteiger partial charge is 0.244 e. The van der Waals surface area contributed by atoms with Gasteiger partial charge in [-0.2, -0.15) is 0 Å². The lowest BCUT2D eigenvalue weighted by Crippen LogP contribution is -2.54. The molecule has 1 aliphatic carbocycles. The molecule has 44 heavy (non-hydrogen) atoms. The third kappa shape index (κ3) is 8.37. The number of rotatable bonds is 13. The number of benzene rings is 3. The molecule has 0 heterocycles. The Kier molecular flexibility index (Phi) is 11.4. The van der Waals surface area contributed by atoms with Gasteiger partial charge in [0.25, 0.3) is 0 Å². The molecule has 0 aliphatic heterocycles. The molecule has 1 N–H and O–H groups in total. The van der Waals surface area contributed by atoms with E-state index < -0.39 is 28.5 Å². The van der Waals surface area contributed by atoms with Crippen molar-refractivity contribution in [2.45, 2.75) is 50.7 Å². The third-order valence-electron chi connectivity index (χ3n) is 7.70. The van der Waals surface area contributed by atoms with Crippen molar-refractivity contribution in [3.05, 3.63) is 87.9 Å². The summed E-state index contributed by atoms with van der Waals surface area (Å²) in [4.78, 5) is 29.7. The Hall–Kier alpha value is -3.47. The number of anilines is 1. The summed E-state index contributed by atoms with van der Waals surface area (Å²) >= 11 is 13.1. The Balaban J connectivity index is 1.77. The van der Waals surface area contributed by atoms with Gasteiger partial charge in [-0.1, -0.05) is 72.4 Å². The molecular formula is C32H37Cl2N3O6S. The molecule has 0 aromatic heterocycles. The maximum absolute atomic E-state index is 14.3. The van der Waals surface area contributed by atoms with E-state index in [-0.39, 0.29) is 30.6 Å². The van der Waals surface area contributed by atoms with Crippen molar-refractivity contribution in [1.82, 2.24) is 10.2 Å². The molecule has 0 bridgehead atoms. The molecule has 1 fully saturated rings. The molecule has 1 atom stereocenters. The molecule has 0 saturated heterocycles. The van der Waals surface area contributed by atoms with Crippen LogP contribution in [0.25, 0.3) is 0 Å². The molecule has 236 valence electrons. The SMILES string of the molecule is COc1ccc(N(CC(=O)N(Cc2c(Cl)cccc2Cl)C(Cc2ccccc2)C(=O)NC2CCCC2)S(C)(=O)=O)cc1OC. The Morgan fingerprint density at radius 2 is 1.57 bits per heavy atom. The standard InChI is InChI=1S/C32H37Cl2N3O6S/c1-42-29-17-16-24(19-30(29)43-2)37(44(3,40)41)21-31(38)36(20-25-26(33)14-9-15-27(25)34)28(18-22-10-5-4-6-11-22)32(39)35-23-12-7-8-13-23/h4-6,9-11,14-17,19,23,28H,7-8,12-13,18,20-21H2,1-3H3,(H,35,39). The molecule has 0 spiro atoms. The van der Waals surface area contributed by atoms with Crippen LogP contribution in [-0.2, 0) is 32.6 Å². The zero-order chi connectivity index (χ0) is 31.9. The summed E-state index contributed by atoms with van der Waals surface area (Å²) < 4.78 is 37.8. The second-order valence-corrected chi connectivity index (χ2v) is 13.4. The van der Waals surface area contributed by atoms with Gasteiger partial charge in [0.1, 0.15) is 12.6 Å². The van der Waals surface area contributed by atoms with E-state index in [2.05, 4.69) is 5.32 Å². The number of carbonyl (C=O) groups excluding carboxylic acids is 2. The average molecular weight is 663 g/mol. The number of hydrogen-bond acceptors (Lipinski definition) is 6. The summed E-state index contributed by atoms with van der Waals surface area (Å²) in [5, 5.41) is 3.78. The summed E-state index contributed by atoms with van der Waals surface area (Å²) in [6.07, 6.45) is 4.95. The Morgan fingerprint density at radius 3 is 2.16 bits per heavy atom. The van der Waals surface area contributed by atoms with E-state index in [1.807, 2.05) is 30.3 Å². The van der Waals surface area contributed by atoms with Gasteiger partial charge in [-0.15, -0.1) is 0 Å². The van der Waals surface area contributed by atoms with Crippen LogP contribution in [0, 0.1) is 0 Å². The summed E-state index contributed by atoms with van der Waals surface area (Å²) in [6.45, 7) is -0.700. The van der Waals surface area contributed by atoms with Crippen molar-refractivity contribution >= 4 is 50.7 Å². The summed E-state index contributed by atoms with van der Waals surface area (Å²) in [6, 6.07) is 18.0. The van der Waals surface area contributed by atoms with Crippen molar-refractivity contribution in [3.8, 4) is 11.5 Å². The van der Waals surface area contributed by atoms with E-state index in [0.29, 0.717) is 27.1 Å². The third-order valence-corrected chi connectivity index (χ3v) is 9.55. The normalized spacial score (nSPS) is 14.1. The number of hydrogen-bond donors (Lipinski definition) is 1. The van der Waals surface area contributed by atoms with E-state index in [9.17, 15) is 18.0 Å². The fourth-order valence-corrected chi connectivity index (χ4v) is 6.73. The minimum absolute atomic E-state index is 0.000841. The molecule has 3 aromatic rings. The van der Waals surface area contributed by atoms with Gasteiger partial charge >= 0.3 is 0 Å². The molecule has 2 amide bonds. The highest BCUT2D eigenvalue weighted by molar-refractivity contribution is 7.92. The number of carbonyl (C=O) groups is 2. The molecule has 3 aromatic carbocycles. The molecule has 9 nitrogen and oxygen atoms in total. The number of nitrogens with one attached hydrogen (secondary N) is 1. The predicted octanol–water partition coefficient (Wildman–Crippen LogP) is 5.48. The largest absolute Gasteiger partial charge is 0.493 e. The highest BCUT2D eigenvalue weighted by Gasteiger charge is 2.35. The fourth-order valence-electron chi connectivity index (χ4n) is 5.37. The van der Waals surface area contributed by atoms with Crippen LogP contribution in [0.1, 0.15) is 36.8 Å². The average Bonchev–Trinajstić information content (AvgIpc) is 3.51. The lowest BCUT2D eigenvalue weighted by molar-refractivity contribution is -0.140. The number of amides is 2. The molecule has 0 radical (unpaired) electrons. The first-order valence-electron chi connectivity index (χ1n) is 14.3. The van der Waals surface area contributed by atoms with E-state index in [1.54, 1.807) is 24.3 Å². The lowest BCUT2D eigenvalue weighted by atomic mass is 10.0. The molecule has 12 heteroatoms. The minimum Gasteiger partial charge on any atom is -0.493 e. The Labute approximate surface area is 269 Å². The number of nitrogens with zero attached hydrogens (tertiary/aromatic N) is 2. The van der Waals surface area contributed by atoms with Crippen molar-refractivity contribution in [2.75, 3.05) is 31.3 Å². The van der Waals surface area contributed by atoms with E-state index in [1.165, 1.54) is 31.3 Å². The van der Waals surface area contributed by atoms with Crippen molar-refractivity contribution in [2.24, 2.45) is 0 Å². The number of ether oxygens (including phenoxy) is 2. The van der Waals surface area contributed by atoms with Gasteiger partial charge < -0.3 is 19.7 Å². The van der Waals surface area contributed by atoms with Crippen LogP contribution in [0.3, 0.4) is 0 Å². The predicted molar refractivity (Wildman–Crippen MR) is 173 cm³/mol. The molecular weight excluding hydrogens is 625 g/mol. The highest BCUT2D eigenvalue weighted by atomic mass is 35.5. The second-order valence-electron chi connectivity index (χ2n) is 10.7. The van der Waals surface area contributed by atoms with Gasteiger partial charge in [-0.05, 0) is 42.7 Å². The van der Waals surface area contributed by atoms with Crippen LogP contribution in [-0.4, -0.2) is 64.2 Å². The van der Waals surface area contributed by atoms with Crippen LogP contribution in [0.2, 0.25) is 10.0 Å². The monoisotopic (exact) mass is 661 g/mol.